The summed E-state index contributed by atoms with van der Waals surface area (Å²) in [4.78, 5) is 12.4. The predicted molar refractivity (Wildman–Crippen MR) is 91.4 cm³/mol. The van der Waals surface area contributed by atoms with E-state index in [2.05, 4.69) is 24.3 Å². The minimum atomic E-state index is -3.53. The maximum absolute atomic E-state index is 11.6. The quantitative estimate of drug-likeness (QED) is 0.796. The van der Waals surface area contributed by atoms with E-state index >= 15 is 0 Å². The van der Waals surface area contributed by atoms with Crippen LogP contribution in [0.25, 0.3) is 10.8 Å². The zero-order valence-corrected chi connectivity index (χ0v) is 13.9. The van der Waals surface area contributed by atoms with Crippen molar-refractivity contribution >= 4 is 26.6 Å². The number of nitrogens with zero attached hydrogens (tertiary/aromatic N) is 1. The lowest BCUT2D eigenvalue weighted by Gasteiger charge is -2.17. The topological polar surface area (TPSA) is 74.7 Å². The molecule has 0 radical (unpaired) electrons. The molecule has 0 amide bonds. The number of carboxylic acids is 1. The van der Waals surface area contributed by atoms with Crippen LogP contribution < -0.4 is 0 Å². The Labute approximate surface area is 136 Å². The number of carboxylic acid groups (broad SMARTS) is 1. The first-order valence-corrected chi connectivity index (χ1v) is 9.27. The van der Waals surface area contributed by atoms with E-state index in [9.17, 15) is 13.2 Å². The summed E-state index contributed by atoms with van der Waals surface area (Å²) in [6.07, 6.45) is 0.816. The molecule has 0 aromatic heterocycles. The van der Waals surface area contributed by atoms with Gasteiger partial charge in [0.15, 0.2) is 9.84 Å². The fourth-order valence-electron chi connectivity index (χ4n) is 2.49. The van der Waals surface area contributed by atoms with Gasteiger partial charge in [0.05, 0.1) is 5.75 Å². The third-order valence-corrected chi connectivity index (χ3v) is 5.26. The summed E-state index contributed by atoms with van der Waals surface area (Å²) < 4.78 is 23.2. The van der Waals surface area contributed by atoms with Gasteiger partial charge in [0.25, 0.3) is 0 Å². The second-order valence-electron chi connectivity index (χ2n) is 5.68. The van der Waals surface area contributed by atoms with E-state index in [1.807, 2.05) is 30.1 Å². The number of sulfone groups is 1. The standard InChI is InChI=1S/C17H21NO4S/c1-18(11-12-23(21,22)13-17(19)20)10-9-15-7-4-6-14-5-2-3-8-16(14)15/h2-8H,9-13H2,1H3,(H,19,20). The highest BCUT2D eigenvalue weighted by Gasteiger charge is 2.16. The number of aliphatic carboxylic acids is 1. The van der Waals surface area contributed by atoms with Crippen molar-refractivity contribution < 1.29 is 18.3 Å². The van der Waals surface area contributed by atoms with Crippen molar-refractivity contribution in [1.29, 1.82) is 0 Å². The number of hydrogen-bond acceptors (Lipinski definition) is 4. The molecule has 0 atom stereocenters. The molecule has 0 spiro atoms. The number of hydrogen-bond donors (Lipinski definition) is 1. The predicted octanol–water partition coefficient (Wildman–Crippen LogP) is 1.81. The van der Waals surface area contributed by atoms with Crippen LogP contribution >= 0.6 is 0 Å². The lowest BCUT2D eigenvalue weighted by Crippen LogP contribution is -2.30. The summed E-state index contributed by atoms with van der Waals surface area (Å²) in [6, 6.07) is 14.3. The average molecular weight is 335 g/mol. The van der Waals surface area contributed by atoms with Crippen LogP contribution in [-0.2, 0) is 21.1 Å². The third kappa shape index (κ3) is 5.33. The summed E-state index contributed by atoms with van der Waals surface area (Å²) in [5.74, 6) is -2.24. The van der Waals surface area contributed by atoms with Gasteiger partial charge in [-0.1, -0.05) is 42.5 Å². The molecule has 1 N–H and O–H groups in total. The molecular formula is C17H21NO4S. The Bertz CT molecular complexity index is 781. The van der Waals surface area contributed by atoms with E-state index in [1.54, 1.807) is 0 Å². The summed E-state index contributed by atoms with van der Waals surface area (Å²) >= 11 is 0. The van der Waals surface area contributed by atoms with Gasteiger partial charge in [0.2, 0.25) is 0 Å². The van der Waals surface area contributed by atoms with Crippen molar-refractivity contribution in [3.05, 3.63) is 48.0 Å². The van der Waals surface area contributed by atoms with Crippen molar-refractivity contribution in [2.45, 2.75) is 6.42 Å². The molecular weight excluding hydrogens is 314 g/mol. The highest BCUT2D eigenvalue weighted by molar-refractivity contribution is 7.92. The van der Waals surface area contributed by atoms with Gasteiger partial charge in [-0.3, -0.25) is 4.79 Å². The molecule has 0 heterocycles. The molecule has 5 nitrogen and oxygen atoms in total. The van der Waals surface area contributed by atoms with E-state index in [4.69, 9.17) is 5.11 Å². The largest absolute Gasteiger partial charge is 0.480 e. The van der Waals surface area contributed by atoms with Crippen LogP contribution in [-0.4, -0.2) is 56.0 Å². The minimum absolute atomic E-state index is 0.134. The van der Waals surface area contributed by atoms with Crippen LogP contribution in [0.15, 0.2) is 42.5 Å². The molecule has 0 aliphatic rings. The number of benzene rings is 2. The molecule has 0 unspecified atom stereocenters. The van der Waals surface area contributed by atoms with Crippen molar-refractivity contribution in [3.63, 3.8) is 0 Å². The first-order valence-electron chi connectivity index (χ1n) is 7.45. The van der Waals surface area contributed by atoms with Gasteiger partial charge in [0, 0.05) is 13.1 Å². The lowest BCUT2D eigenvalue weighted by atomic mass is 10.0. The molecule has 124 valence electrons. The molecule has 6 heteroatoms. The first-order chi connectivity index (χ1) is 10.9. The van der Waals surface area contributed by atoms with Gasteiger partial charge in [-0.2, -0.15) is 0 Å². The normalized spacial score (nSPS) is 11.9. The maximum atomic E-state index is 11.6. The van der Waals surface area contributed by atoms with E-state index in [1.165, 1.54) is 16.3 Å². The molecule has 0 fully saturated rings. The Hall–Kier alpha value is -1.92. The van der Waals surface area contributed by atoms with Crippen LogP contribution in [0.5, 0.6) is 0 Å². The maximum Gasteiger partial charge on any atom is 0.318 e. The molecule has 0 saturated carbocycles. The average Bonchev–Trinajstić information content (AvgIpc) is 2.49. The molecule has 2 rings (SSSR count). The molecule has 2 aromatic carbocycles. The summed E-state index contributed by atoms with van der Waals surface area (Å²) in [7, 11) is -1.69. The van der Waals surface area contributed by atoms with E-state index < -0.39 is 21.6 Å². The van der Waals surface area contributed by atoms with Crippen LogP contribution in [0, 0.1) is 0 Å². The van der Waals surface area contributed by atoms with Crippen molar-refractivity contribution in [3.8, 4) is 0 Å². The fraction of sp³-hybridized carbons (Fsp3) is 0.353. The Morgan fingerprint density at radius 1 is 1.09 bits per heavy atom. The molecule has 2 aromatic rings. The second-order valence-corrected chi connectivity index (χ2v) is 7.86. The number of rotatable bonds is 8. The number of fused-ring (bicyclic) bond motifs is 1. The van der Waals surface area contributed by atoms with Crippen LogP contribution in [0.1, 0.15) is 5.56 Å². The Balaban J connectivity index is 1.91. The van der Waals surface area contributed by atoms with Crippen LogP contribution in [0.4, 0.5) is 0 Å². The summed E-state index contributed by atoms with van der Waals surface area (Å²) in [5.41, 5.74) is 1.23. The van der Waals surface area contributed by atoms with E-state index in [-0.39, 0.29) is 5.75 Å². The van der Waals surface area contributed by atoms with Crippen molar-refractivity contribution in [2.75, 3.05) is 31.6 Å². The summed E-state index contributed by atoms with van der Waals surface area (Å²) in [5, 5.41) is 11.0. The summed E-state index contributed by atoms with van der Waals surface area (Å²) in [6.45, 7) is 1.05. The number of likely N-dealkylation sites (N-methyl/N-ethyl adjacent to an activating group) is 1. The Morgan fingerprint density at radius 3 is 2.52 bits per heavy atom. The third-order valence-electron chi connectivity index (χ3n) is 3.77. The zero-order valence-electron chi connectivity index (χ0n) is 13.1. The van der Waals surface area contributed by atoms with Crippen LogP contribution in [0.2, 0.25) is 0 Å². The monoisotopic (exact) mass is 335 g/mol. The highest BCUT2D eigenvalue weighted by Crippen LogP contribution is 2.18. The smallest absolute Gasteiger partial charge is 0.318 e. The van der Waals surface area contributed by atoms with E-state index in [0.29, 0.717) is 6.54 Å². The van der Waals surface area contributed by atoms with Crippen molar-refractivity contribution in [1.82, 2.24) is 4.90 Å². The van der Waals surface area contributed by atoms with Crippen molar-refractivity contribution in [2.24, 2.45) is 0 Å². The molecule has 0 bridgehead atoms. The highest BCUT2D eigenvalue weighted by atomic mass is 32.2. The fourth-order valence-corrected chi connectivity index (χ4v) is 3.60. The number of carbonyl (C=O) groups is 1. The second kappa shape index (κ2) is 7.57. The molecule has 0 aliphatic heterocycles. The zero-order chi connectivity index (χ0) is 16.9. The minimum Gasteiger partial charge on any atom is -0.480 e. The Kier molecular flexibility index (Phi) is 5.74. The lowest BCUT2D eigenvalue weighted by molar-refractivity contribution is -0.134. The first kappa shape index (κ1) is 17.4. The SMILES string of the molecule is CN(CCc1cccc2ccccc12)CCS(=O)(=O)CC(=O)O. The van der Waals surface area contributed by atoms with Gasteiger partial charge < -0.3 is 10.0 Å². The molecule has 0 aliphatic carbocycles. The van der Waals surface area contributed by atoms with Gasteiger partial charge in [0.1, 0.15) is 5.75 Å². The Morgan fingerprint density at radius 2 is 1.78 bits per heavy atom. The van der Waals surface area contributed by atoms with Gasteiger partial charge >= 0.3 is 5.97 Å². The van der Waals surface area contributed by atoms with Gasteiger partial charge in [-0.05, 0) is 29.8 Å². The van der Waals surface area contributed by atoms with Gasteiger partial charge in [-0.25, -0.2) is 8.42 Å². The van der Waals surface area contributed by atoms with Crippen LogP contribution in [0.3, 0.4) is 0 Å². The van der Waals surface area contributed by atoms with Gasteiger partial charge in [-0.15, -0.1) is 0 Å². The van der Waals surface area contributed by atoms with E-state index in [0.717, 1.165) is 13.0 Å². The molecule has 23 heavy (non-hydrogen) atoms. The molecule has 0 saturated heterocycles.